The van der Waals surface area contributed by atoms with Crippen molar-refractivity contribution in [1.29, 1.82) is 0 Å². The molecule has 31 heavy (non-hydrogen) atoms. The molecule has 0 bridgehead atoms. The molecule has 7 nitrogen and oxygen atoms in total. The molecule has 7 heteroatoms. The van der Waals surface area contributed by atoms with E-state index in [0.717, 1.165) is 17.7 Å². The van der Waals surface area contributed by atoms with Crippen molar-refractivity contribution in [2.45, 2.75) is 63.8 Å². The molecule has 1 saturated carbocycles. The summed E-state index contributed by atoms with van der Waals surface area (Å²) in [6.07, 6.45) is 5.37. The van der Waals surface area contributed by atoms with Crippen LogP contribution in [0.2, 0.25) is 0 Å². The van der Waals surface area contributed by atoms with Crippen LogP contribution >= 0.6 is 0 Å². The molecule has 2 atom stereocenters. The Kier molecular flexibility index (Phi) is 8.17. The molecule has 2 aromatic rings. The van der Waals surface area contributed by atoms with Crippen LogP contribution in [-0.4, -0.2) is 40.3 Å². The van der Waals surface area contributed by atoms with E-state index in [1.807, 2.05) is 12.1 Å². The normalized spacial score (nSPS) is 16.4. The third-order valence-corrected chi connectivity index (χ3v) is 5.80. The number of hydroxylamine groups is 1. The topological polar surface area (TPSA) is 111 Å². The third-order valence-electron chi connectivity index (χ3n) is 5.80. The molecule has 1 fully saturated rings. The Morgan fingerprint density at radius 3 is 2.10 bits per heavy atom. The first-order valence-corrected chi connectivity index (χ1v) is 10.8. The van der Waals surface area contributed by atoms with Crippen molar-refractivity contribution in [3.63, 3.8) is 0 Å². The van der Waals surface area contributed by atoms with E-state index in [-0.39, 0.29) is 0 Å². The number of nitrogens with one attached hydrogen (secondary N) is 3. The first kappa shape index (κ1) is 22.9. The summed E-state index contributed by atoms with van der Waals surface area (Å²) >= 11 is 0. The first-order chi connectivity index (χ1) is 15.0. The highest BCUT2D eigenvalue weighted by Crippen LogP contribution is 2.21. The lowest BCUT2D eigenvalue weighted by Gasteiger charge is -2.22. The highest BCUT2D eigenvalue weighted by atomic mass is 16.5. The molecule has 0 heterocycles. The molecule has 1 aliphatic carbocycles. The Morgan fingerprint density at radius 2 is 1.55 bits per heavy atom. The lowest BCUT2D eigenvalue weighted by atomic mass is 9.95. The van der Waals surface area contributed by atoms with Gasteiger partial charge in [0.05, 0.1) is 6.10 Å². The Labute approximate surface area is 182 Å². The maximum Gasteiger partial charge on any atom is 0.268 e. The largest absolute Gasteiger partial charge is 0.391 e. The highest BCUT2D eigenvalue weighted by molar-refractivity contribution is 5.97. The second-order valence-electron chi connectivity index (χ2n) is 8.16. The van der Waals surface area contributed by atoms with Crippen molar-refractivity contribution in [3.8, 4) is 11.1 Å². The highest BCUT2D eigenvalue weighted by Gasteiger charge is 2.25. The monoisotopic (exact) mass is 425 g/mol. The van der Waals surface area contributed by atoms with Crippen LogP contribution < -0.4 is 16.1 Å². The van der Waals surface area contributed by atoms with Gasteiger partial charge >= 0.3 is 0 Å². The van der Waals surface area contributed by atoms with Crippen LogP contribution in [0.3, 0.4) is 0 Å². The minimum atomic E-state index is -1.24. The fourth-order valence-electron chi connectivity index (χ4n) is 3.90. The fraction of sp³-hybridized carbons (Fsp3) is 0.417. The summed E-state index contributed by atoms with van der Waals surface area (Å²) in [5.41, 5.74) is 5.08. The predicted octanol–water partition coefficient (Wildman–Crippen LogP) is 2.76. The van der Waals surface area contributed by atoms with E-state index in [4.69, 9.17) is 5.21 Å². The second kappa shape index (κ2) is 11.0. The zero-order valence-electron chi connectivity index (χ0n) is 17.8. The van der Waals surface area contributed by atoms with E-state index in [9.17, 15) is 14.7 Å². The maximum atomic E-state index is 12.4. The molecule has 5 N–H and O–H groups in total. The Morgan fingerprint density at radius 1 is 0.968 bits per heavy atom. The van der Waals surface area contributed by atoms with E-state index in [1.165, 1.54) is 50.1 Å². The van der Waals surface area contributed by atoms with E-state index in [0.29, 0.717) is 11.6 Å². The van der Waals surface area contributed by atoms with Gasteiger partial charge in [-0.15, -0.1) is 0 Å². The number of benzene rings is 2. The number of hydrogen-bond donors (Lipinski definition) is 5. The molecule has 0 aliphatic heterocycles. The summed E-state index contributed by atoms with van der Waals surface area (Å²) in [7, 11) is 0. The van der Waals surface area contributed by atoms with Crippen LogP contribution in [-0.2, 0) is 11.3 Å². The van der Waals surface area contributed by atoms with Crippen molar-refractivity contribution < 1.29 is 19.9 Å². The van der Waals surface area contributed by atoms with Crippen LogP contribution in [0.25, 0.3) is 11.1 Å². The molecule has 1 aliphatic rings. The van der Waals surface area contributed by atoms with Gasteiger partial charge in [0.15, 0.2) is 0 Å². The van der Waals surface area contributed by atoms with Crippen LogP contribution in [0.5, 0.6) is 0 Å². The van der Waals surface area contributed by atoms with Crippen molar-refractivity contribution in [2.24, 2.45) is 0 Å². The minimum absolute atomic E-state index is 0.355. The molecule has 166 valence electrons. The second-order valence-corrected chi connectivity index (χ2v) is 8.16. The summed E-state index contributed by atoms with van der Waals surface area (Å²) < 4.78 is 0. The van der Waals surface area contributed by atoms with E-state index < -0.39 is 24.0 Å². The van der Waals surface area contributed by atoms with Gasteiger partial charge in [0.1, 0.15) is 6.04 Å². The van der Waals surface area contributed by atoms with Gasteiger partial charge < -0.3 is 15.7 Å². The Balaban J connectivity index is 1.58. The SMILES string of the molecule is C[C@@H](O)[C@H](NC(=O)c1ccc(-c2ccc(CNC3CCCCC3)cc2)cc1)C(=O)NO. The number of amides is 2. The number of aliphatic hydroxyl groups excluding tert-OH is 1. The van der Waals surface area contributed by atoms with Crippen LogP contribution in [0.1, 0.15) is 54.9 Å². The van der Waals surface area contributed by atoms with Gasteiger partial charge in [0, 0.05) is 18.2 Å². The van der Waals surface area contributed by atoms with Crippen molar-refractivity contribution in [3.05, 3.63) is 59.7 Å². The molecule has 3 rings (SSSR count). The molecular weight excluding hydrogens is 394 g/mol. The number of hydrogen-bond acceptors (Lipinski definition) is 5. The zero-order valence-corrected chi connectivity index (χ0v) is 17.8. The fourth-order valence-corrected chi connectivity index (χ4v) is 3.90. The molecule has 0 spiro atoms. The van der Waals surface area contributed by atoms with E-state index in [2.05, 4.69) is 34.9 Å². The molecule has 0 radical (unpaired) electrons. The summed E-state index contributed by atoms with van der Waals surface area (Å²) in [6, 6.07) is 14.8. The Hall–Kier alpha value is -2.74. The van der Waals surface area contributed by atoms with E-state index >= 15 is 0 Å². The Bertz CT molecular complexity index is 859. The van der Waals surface area contributed by atoms with Gasteiger partial charge in [-0.25, -0.2) is 5.48 Å². The van der Waals surface area contributed by atoms with Crippen LogP contribution in [0, 0.1) is 0 Å². The van der Waals surface area contributed by atoms with Crippen molar-refractivity contribution >= 4 is 11.8 Å². The lowest BCUT2D eigenvalue weighted by Crippen LogP contribution is -2.51. The van der Waals surface area contributed by atoms with E-state index in [1.54, 1.807) is 12.1 Å². The molecule has 0 aromatic heterocycles. The number of aliphatic hydroxyl groups is 1. The van der Waals surface area contributed by atoms with Gasteiger partial charge in [-0.3, -0.25) is 14.8 Å². The quantitative estimate of drug-likeness (QED) is 0.330. The number of rotatable bonds is 8. The van der Waals surface area contributed by atoms with Gasteiger partial charge in [0.25, 0.3) is 11.8 Å². The number of carbonyl (C=O) groups excluding carboxylic acids is 2. The third kappa shape index (κ3) is 6.37. The molecule has 0 unspecified atom stereocenters. The summed E-state index contributed by atoms with van der Waals surface area (Å²) in [4.78, 5) is 24.0. The maximum absolute atomic E-state index is 12.4. The first-order valence-electron chi connectivity index (χ1n) is 10.8. The van der Waals surface area contributed by atoms with Crippen LogP contribution in [0.15, 0.2) is 48.5 Å². The smallest absolute Gasteiger partial charge is 0.268 e. The summed E-state index contributed by atoms with van der Waals surface area (Å²) in [5, 5.41) is 24.5. The standard InChI is InChI=1S/C24H31N3O4/c1-16(28)22(24(30)27-31)26-23(29)20-13-11-19(12-14-20)18-9-7-17(8-10-18)15-25-21-5-3-2-4-6-21/h7-14,16,21-22,25,28,31H,2-6,15H2,1H3,(H,26,29)(H,27,30)/t16-,22+/m1/s1. The molecule has 2 aromatic carbocycles. The predicted molar refractivity (Wildman–Crippen MR) is 118 cm³/mol. The lowest BCUT2D eigenvalue weighted by molar-refractivity contribution is -0.133. The number of carbonyl (C=O) groups is 2. The van der Waals surface area contributed by atoms with Gasteiger partial charge in [-0.1, -0.05) is 55.7 Å². The molecular formula is C24H31N3O4. The van der Waals surface area contributed by atoms with Crippen molar-refractivity contribution in [1.82, 2.24) is 16.1 Å². The average molecular weight is 426 g/mol. The summed E-state index contributed by atoms with van der Waals surface area (Å²) in [6.45, 7) is 2.23. The van der Waals surface area contributed by atoms with Gasteiger partial charge in [-0.05, 0) is 48.6 Å². The molecule has 0 saturated heterocycles. The van der Waals surface area contributed by atoms with Gasteiger partial charge in [-0.2, -0.15) is 0 Å². The minimum Gasteiger partial charge on any atom is -0.391 e. The summed E-state index contributed by atoms with van der Waals surface area (Å²) in [5.74, 6) is -1.39. The zero-order chi connectivity index (χ0) is 22.2. The van der Waals surface area contributed by atoms with Crippen LogP contribution in [0.4, 0.5) is 0 Å². The van der Waals surface area contributed by atoms with Crippen molar-refractivity contribution in [2.75, 3.05) is 0 Å². The average Bonchev–Trinajstić information content (AvgIpc) is 2.81. The molecule has 2 amide bonds. The van der Waals surface area contributed by atoms with Gasteiger partial charge in [0.2, 0.25) is 0 Å².